The molecule has 2 rings (SSSR count). The molecule has 0 bridgehead atoms. The molecule has 0 aromatic rings. The molecule has 2 heterocycles. The molecule has 108 valence electrons. The van der Waals surface area contributed by atoms with E-state index in [-0.39, 0.29) is 18.3 Å². The van der Waals surface area contributed by atoms with Gasteiger partial charge in [0.2, 0.25) is 0 Å². The van der Waals surface area contributed by atoms with Crippen molar-refractivity contribution in [2.75, 3.05) is 13.7 Å². The Bertz CT molecular complexity index is 364. The Morgan fingerprint density at radius 3 is 2.63 bits per heavy atom. The Labute approximate surface area is 112 Å². The van der Waals surface area contributed by atoms with Crippen molar-refractivity contribution in [3.05, 3.63) is 12.2 Å². The lowest BCUT2D eigenvalue weighted by Gasteiger charge is -2.22. The van der Waals surface area contributed by atoms with Crippen molar-refractivity contribution in [1.29, 1.82) is 0 Å². The van der Waals surface area contributed by atoms with E-state index in [0.717, 1.165) is 0 Å². The second-order valence-electron chi connectivity index (χ2n) is 4.88. The molecule has 2 aliphatic rings. The van der Waals surface area contributed by atoms with Gasteiger partial charge >= 0.3 is 5.97 Å². The topological polar surface area (TPSA) is 63.2 Å². The molecule has 6 nitrogen and oxygen atoms in total. The van der Waals surface area contributed by atoms with E-state index in [0.29, 0.717) is 6.61 Å². The second-order valence-corrected chi connectivity index (χ2v) is 4.88. The third kappa shape index (κ3) is 3.14. The molecule has 4 atom stereocenters. The van der Waals surface area contributed by atoms with Gasteiger partial charge in [-0.05, 0) is 26.8 Å². The van der Waals surface area contributed by atoms with Crippen LogP contribution in [0.15, 0.2) is 12.2 Å². The van der Waals surface area contributed by atoms with Crippen LogP contribution in [0.5, 0.6) is 0 Å². The molecule has 0 spiro atoms. The molecule has 0 aromatic heterocycles. The van der Waals surface area contributed by atoms with Crippen molar-refractivity contribution in [2.45, 2.75) is 51.2 Å². The highest BCUT2D eigenvalue weighted by Crippen LogP contribution is 2.39. The van der Waals surface area contributed by atoms with Crippen molar-refractivity contribution < 1.29 is 28.5 Å². The number of carbonyl (C=O) groups is 1. The summed E-state index contributed by atoms with van der Waals surface area (Å²) in [4.78, 5) is 11.3. The quantitative estimate of drug-likeness (QED) is 0.562. The van der Waals surface area contributed by atoms with Gasteiger partial charge in [-0.3, -0.25) is 0 Å². The van der Waals surface area contributed by atoms with E-state index in [1.807, 2.05) is 13.8 Å². The van der Waals surface area contributed by atoms with Crippen LogP contribution in [0.3, 0.4) is 0 Å². The van der Waals surface area contributed by atoms with Crippen molar-refractivity contribution in [1.82, 2.24) is 0 Å². The number of esters is 1. The van der Waals surface area contributed by atoms with Gasteiger partial charge in [-0.1, -0.05) is 0 Å². The maximum atomic E-state index is 11.3. The van der Waals surface area contributed by atoms with E-state index in [1.165, 1.54) is 6.08 Å². The summed E-state index contributed by atoms with van der Waals surface area (Å²) >= 11 is 0. The van der Waals surface area contributed by atoms with Gasteiger partial charge in [0, 0.05) is 13.2 Å². The fourth-order valence-electron chi connectivity index (χ4n) is 2.30. The monoisotopic (exact) mass is 272 g/mol. The largest absolute Gasteiger partial charge is 0.463 e. The number of fused-ring (bicyclic) bond motifs is 1. The zero-order valence-corrected chi connectivity index (χ0v) is 11.6. The summed E-state index contributed by atoms with van der Waals surface area (Å²) in [5, 5.41) is 0. The number of rotatable bonds is 4. The van der Waals surface area contributed by atoms with Crippen molar-refractivity contribution >= 4 is 5.97 Å². The van der Waals surface area contributed by atoms with Crippen LogP contribution in [-0.2, 0) is 28.5 Å². The van der Waals surface area contributed by atoms with Gasteiger partial charge in [0.25, 0.3) is 0 Å². The first-order chi connectivity index (χ1) is 8.96. The molecule has 19 heavy (non-hydrogen) atoms. The molecule has 1 unspecified atom stereocenters. The first-order valence-electron chi connectivity index (χ1n) is 6.35. The first-order valence-corrected chi connectivity index (χ1v) is 6.35. The van der Waals surface area contributed by atoms with E-state index in [2.05, 4.69) is 0 Å². The predicted octanol–water partition coefficient (Wildman–Crippen LogP) is 0.997. The summed E-state index contributed by atoms with van der Waals surface area (Å²) in [5.41, 5.74) is 0. The molecule has 0 radical (unpaired) electrons. The maximum absolute atomic E-state index is 11.3. The highest BCUT2D eigenvalue weighted by molar-refractivity contribution is 5.81. The highest BCUT2D eigenvalue weighted by atomic mass is 16.8. The molecule has 2 saturated heterocycles. The lowest BCUT2D eigenvalue weighted by Crippen LogP contribution is -2.30. The first kappa shape index (κ1) is 14.5. The Morgan fingerprint density at radius 1 is 1.32 bits per heavy atom. The number of ether oxygens (including phenoxy) is 5. The van der Waals surface area contributed by atoms with Gasteiger partial charge in [-0.2, -0.15) is 0 Å². The third-order valence-corrected chi connectivity index (χ3v) is 2.99. The number of methoxy groups -OCH3 is 1. The van der Waals surface area contributed by atoms with Gasteiger partial charge in [0.05, 0.1) is 6.61 Å². The van der Waals surface area contributed by atoms with Crippen LogP contribution < -0.4 is 0 Å². The van der Waals surface area contributed by atoms with E-state index in [9.17, 15) is 4.79 Å². The average molecular weight is 272 g/mol. The normalized spacial score (nSPS) is 36.6. The van der Waals surface area contributed by atoms with Crippen LogP contribution in [-0.4, -0.2) is 50.1 Å². The van der Waals surface area contributed by atoms with Gasteiger partial charge < -0.3 is 23.7 Å². The van der Waals surface area contributed by atoms with Gasteiger partial charge in [-0.25, -0.2) is 4.79 Å². The molecule has 0 N–H and O–H groups in total. The summed E-state index contributed by atoms with van der Waals surface area (Å²) in [7, 11) is 1.55. The molecule has 6 heteroatoms. The molecule has 0 aromatic carbocycles. The Balaban J connectivity index is 2.04. The maximum Gasteiger partial charge on any atom is 0.330 e. The number of carbonyl (C=O) groups excluding carboxylic acids is 1. The minimum atomic E-state index is -0.675. The van der Waals surface area contributed by atoms with E-state index in [1.54, 1.807) is 20.1 Å². The summed E-state index contributed by atoms with van der Waals surface area (Å²) in [6.45, 7) is 5.77. The predicted molar refractivity (Wildman–Crippen MR) is 65.3 cm³/mol. The second kappa shape index (κ2) is 5.58. The summed E-state index contributed by atoms with van der Waals surface area (Å²) in [6.07, 6.45) is 1.50. The zero-order valence-electron chi connectivity index (χ0n) is 11.6. The van der Waals surface area contributed by atoms with E-state index in [4.69, 9.17) is 23.7 Å². The molecular formula is C13H20O6. The minimum Gasteiger partial charge on any atom is -0.463 e. The van der Waals surface area contributed by atoms with Crippen LogP contribution in [0.25, 0.3) is 0 Å². The Morgan fingerprint density at radius 2 is 2.00 bits per heavy atom. The van der Waals surface area contributed by atoms with Crippen molar-refractivity contribution in [2.24, 2.45) is 0 Å². The van der Waals surface area contributed by atoms with E-state index < -0.39 is 18.0 Å². The fraction of sp³-hybridized carbons (Fsp3) is 0.769. The molecule has 0 aliphatic carbocycles. The Hall–Kier alpha value is -0.950. The minimum absolute atomic E-state index is 0.286. The summed E-state index contributed by atoms with van der Waals surface area (Å²) < 4.78 is 27.2. The average Bonchev–Trinajstić information content (AvgIpc) is 2.80. The van der Waals surface area contributed by atoms with Gasteiger partial charge in [0.15, 0.2) is 12.1 Å². The molecular weight excluding hydrogens is 252 g/mol. The SMILES string of the molecule is CCOC(=O)/C=C/[C@H]1OC(OC)[C@@H]2OC(C)(C)O[C@H]12. The van der Waals surface area contributed by atoms with E-state index >= 15 is 0 Å². The number of hydrogen-bond acceptors (Lipinski definition) is 6. The third-order valence-electron chi connectivity index (χ3n) is 2.99. The highest BCUT2D eigenvalue weighted by Gasteiger charge is 2.54. The van der Waals surface area contributed by atoms with Crippen molar-refractivity contribution in [3.63, 3.8) is 0 Å². The summed E-state index contributed by atoms with van der Waals surface area (Å²) in [5.74, 6) is -1.08. The molecule has 0 saturated carbocycles. The number of hydrogen-bond donors (Lipinski definition) is 0. The smallest absolute Gasteiger partial charge is 0.330 e. The molecule has 2 aliphatic heterocycles. The summed E-state index contributed by atoms with van der Waals surface area (Å²) in [6, 6.07) is 0. The van der Waals surface area contributed by atoms with Crippen LogP contribution in [0, 0.1) is 0 Å². The van der Waals surface area contributed by atoms with Crippen LogP contribution in [0.1, 0.15) is 20.8 Å². The van der Waals surface area contributed by atoms with Gasteiger partial charge in [0.1, 0.15) is 18.3 Å². The van der Waals surface area contributed by atoms with Crippen LogP contribution >= 0.6 is 0 Å². The van der Waals surface area contributed by atoms with Gasteiger partial charge in [-0.15, -0.1) is 0 Å². The molecule has 2 fully saturated rings. The molecule has 0 amide bonds. The standard InChI is InChI=1S/C13H20O6/c1-5-16-9(14)7-6-8-10-11(12(15-4)17-8)19-13(2,3)18-10/h6-8,10-12H,5H2,1-4H3/b7-6+/t8-,10-,11-,12?/m1/s1. The lowest BCUT2D eigenvalue weighted by atomic mass is 10.1. The Kier molecular flexibility index (Phi) is 4.25. The van der Waals surface area contributed by atoms with Crippen LogP contribution in [0.4, 0.5) is 0 Å². The van der Waals surface area contributed by atoms with Crippen molar-refractivity contribution in [3.8, 4) is 0 Å². The zero-order chi connectivity index (χ0) is 14.0. The lowest BCUT2D eigenvalue weighted by molar-refractivity contribution is -0.221. The van der Waals surface area contributed by atoms with Crippen LogP contribution in [0.2, 0.25) is 0 Å². The fourth-order valence-corrected chi connectivity index (χ4v) is 2.30.